The summed E-state index contributed by atoms with van der Waals surface area (Å²) in [6.07, 6.45) is 1.72. The predicted molar refractivity (Wildman–Crippen MR) is 77.8 cm³/mol. The highest BCUT2D eigenvalue weighted by Gasteiger charge is 2.16. The highest BCUT2D eigenvalue weighted by Crippen LogP contribution is 2.25. The molecule has 7 heteroatoms. The second kappa shape index (κ2) is 5.26. The molecule has 20 heavy (non-hydrogen) atoms. The number of nitrogens with one attached hydrogen (secondary N) is 1. The number of anilines is 1. The van der Waals surface area contributed by atoms with Crippen molar-refractivity contribution in [2.75, 3.05) is 5.32 Å². The van der Waals surface area contributed by atoms with E-state index in [0.29, 0.717) is 5.56 Å². The maximum atomic E-state index is 11.5. The van der Waals surface area contributed by atoms with Crippen molar-refractivity contribution < 1.29 is 8.42 Å². The smallest absolute Gasteiger partial charge is 0.238 e. The molecule has 1 atom stereocenters. The Morgan fingerprint density at radius 2 is 2.05 bits per heavy atom. The van der Waals surface area contributed by atoms with Gasteiger partial charge in [-0.2, -0.15) is 5.10 Å². The minimum atomic E-state index is -3.71. The molecule has 0 spiro atoms. The third kappa shape index (κ3) is 2.83. The molecule has 3 N–H and O–H groups in total. The van der Waals surface area contributed by atoms with Crippen LogP contribution in [0.1, 0.15) is 24.2 Å². The van der Waals surface area contributed by atoms with E-state index in [2.05, 4.69) is 10.4 Å². The molecule has 2 aromatic rings. The molecule has 0 saturated carbocycles. The first-order valence-corrected chi connectivity index (χ1v) is 7.72. The molecule has 1 aromatic carbocycles. The Morgan fingerprint density at radius 1 is 1.35 bits per heavy atom. The van der Waals surface area contributed by atoms with Crippen LogP contribution in [-0.2, 0) is 17.1 Å². The topological polar surface area (TPSA) is 90.0 Å². The molecule has 0 aliphatic carbocycles. The van der Waals surface area contributed by atoms with Crippen LogP contribution in [0, 0.1) is 6.92 Å². The van der Waals surface area contributed by atoms with Crippen molar-refractivity contribution in [3.8, 4) is 0 Å². The van der Waals surface area contributed by atoms with E-state index in [4.69, 9.17) is 5.14 Å². The summed E-state index contributed by atoms with van der Waals surface area (Å²) in [6, 6.07) is 6.92. The van der Waals surface area contributed by atoms with Crippen LogP contribution in [0.5, 0.6) is 0 Å². The summed E-state index contributed by atoms with van der Waals surface area (Å²) < 4.78 is 24.8. The van der Waals surface area contributed by atoms with Gasteiger partial charge in [-0.3, -0.25) is 4.68 Å². The molecule has 1 aromatic heterocycles. The van der Waals surface area contributed by atoms with E-state index in [1.807, 2.05) is 26.1 Å². The second-order valence-electron chi connectivity index (χ2n) is 4.72. The van der Waals surface area contributed by atoms with Crippen LogP contribution in [0.25, 0.3) is 0 Å². The average Bonchev–Trinajstić information content (AvgIpc) is 2.76. The fraction of sp³-hybridized carbons (Fsp3) is 0.308. The number of primary sulfonamides is 1. The number of hydrogen-bond donors (Lipinski definition) is 2. The van der Waals surface area contributed by atoms with Gasteiger partial charge in [-0.15, -0.1) is 0 Å². The minimum Gasteiger partial charge on any atom is -0.377 e. The number of benzene rings is 1. The van der Waals surface area contributed by atoms with Gasteiger partial charge in [0, 0.05) is 18.9 Å². The SMILES string of the molecule is Cc1c(NC(C)c2ccnn2C)cccc1S(N)(=O)=O. The van der Waals surface area contributed by atoms with Gasteiger partial charge in [0.1, 0.15) is 0 Å². The molecule has 0 bridgehead atoms. The Morgan fingerprint density at radius 3 is 2.60 bits per heavy atom. The van der Waals surface area contributed by atoms with Crippen LogP contribution in [0.15, 0.2) is 35.4 Å². The van der Waals surface area contributed by atoms with Crippen molar-refractivity contribution in [1.29, 1.82) is 0 Å². The van der Waals surface area contributed by atoms with E-state index in [9.17, 15) is 8.42 Å². The van der Waals surface area contributed by atoms with Crippen LogP contribution < -0.4 is 10.5 Å². The zero-order valence-electron chi connectivity index (χ0n) is 11.7. The zero-order chi connectivity index (χ0) is 14.9. The van der Waals surface area contributed by atoms with Crippen molar-refractivity contribution in [2.45, 2.75) is 24.8 Å². The second-order valence-corrected chi connectivity index (χ2v) is 6.25. The standard InChI is InChI=1S/C13H18N4O2S/c1-9-11(5-4-6-13(9)20(14,18)19)16-10(2)12-7-8-15-17(12)3/h4-8,10,16H,1-3H3,(H2,14,18,19). The third-order valence-electron chi connectivity index (χ3n) is 3.27. The molecular weight excluding hydrogens is 276 g/mol. The van der Waals surface area contributed by atoms with Gasteiger partial charge in [-0.1, -0.05) is 6.07 Å². The normalized spacial score (nSPS) is 13.2. The lowest BCUT2D eigenvalue weighted by atomic mass is 10.1. The van der Waals surface area contributed by atoms with Gasteiger partial charge in [-0.25, -0.2) is 13.6 Å². The van der Waals surface area contributed by atoms with Crippen molar-refractivity contribution in [2.24, 2.45) is 12.2 Å². The molecule has 0 saturated heterocycles. The van der Waals surface area contributed by atoms with Crippen LogP contribution in [-0.4, -0.2) is 18.2 Å². The van der Waals surface area contributed by atoms with Gasteiger partial charge < -0.3 is 5.32 Å². The summed E-state index contributed by atoms with van der Waals surface area (Å²) in [4.78, 5) is 0.139. The fourth-order valence-corrected chi connectivity index (χ4v) is 3.00. The van der Waals surface area contributed by atoms with E-state index < -0.39 is 10.0 Å². The molecule has 0 aliphatic rings. The Labute approximate surface area is 118 Å². The number of aryl methyl sites for hydroxylation is 1. The highest BCUT2D eigenvalue weighted by atomic mass is 32.2. The van der Waals surface area contributed by atoms with Gasteiger partial charge in [0.15, 0.2) is 0 Å². The van der Waals surface area contributed by atoms with Crippen molar-refractivity contribution in [3.63, 3.8) is 0 Å². The van der Waals surface area contributed by atoms with Crippen LogP contribution in [0.2, 0.25) is 0 Å². The average molecular weight is 294 g/mol. The summed E-state index contributed by atoms with van der Waals surface area (Å²) >= 11 is 0. The first-order chi connectivity index (χ1) is 9.30. The minimum absolute atomic E-state index is 0.00284. The summed E-state index contributed by atoms with van der Waals surface area (Å²) in [5.41, 5.74) is 2.36. The van der Waals surface area contributed by atoms with Crippen molar-refractivity contribution in [1.82, 2.24) is 9.78 Å². The number of nitrogens with zero attached hydrogens (tertiary/aromatic N) is 2. The van der Waals surface area contributed by atoms with Gasteiger partial charge in [0.2, 0.25) is 10.0 Å². The lowest BCUT2D eigenvalue weighted by Gasteiger charge is -2.18. The van der Waals surface area contributed by atoms with Gasteiger partial charge in [0.05, 0.1) is 16.6 Å². The molecule has 0 radical (unpaired) electrons. The van der Waals surface area contributed by atoms with E-state index in [0.717, 1.165) is 11.4 Å². The number of rotatable bonds is 4. The Hall–Kier alpha value is -1.86. The maximum Gasteiger partial charge on any atom is 0.238 e. The summed E-state index contributed by atoms with van der Waals surface area (Å²) in [7, 11) is -1.85. The van der Waals surface area contributed by atoms with E-state index in [-0.39, 0.29) is 10.9 Å². The molecule has 0 fully saturated rings. The van der Waals surface area contributed by atoms with Crippen LogP contribution >= 0.6 is 0 Å². The van der Waals surface area contributed by atoms with Gasteiger partial charge in [-0.05, 0) is 37.6 Å². The molecule has 2 rings (SSSR count). The lowest BCUT2D eigenvalue weighted by Crippen LogP contribution is -2.16. The third-order valence-corrected chi connectivity index (χ3v) is 4.32. The molecular formula is C13H18N4O2S. The van der Waals surface area contributed by atoms with Gasteiger partial charge in [0.25, 0.3) is 0 Å². The molecule has 108 valence electrons. The Bertz CT molecular complexity index is 722. The highest BCUT2D eigenvalue weighted by molar-refractivity contribution is 7.89. The van der Waals surface area contributed by atoms with E-state index in [1.54, 1.807) is 23.9 Å². The quantitative estimate of drug-likeness (QED) is 0.895. The fourth-order valence-electron chi connectivity index (χ4n) is 2.20. The first kappa shape index (κ1) is 14.5. The number of aromatic nitrogens is 2. The van der Waals surface area contributed by atoms with Crippen LogP contribution in [0.4, 0.5) is 5.69 Å². The molecule has 1 unspecified atom stereocenters. The lowest BCUT2D eigenvalue weighted by molar-refractivity contribution is 0.597. The molecule has 0 aliphatic heterocycles. The summed E-state index contributed by atoms with van der Waals surface area (Å²) in [6.45, 7) is 3.72. The molecule has 0 amide bonds. The summed E-state index contributed by atoms with van der Waals surface area (Å²) in [5.74, 6) is 0. The number of hydrogen-bond acceptors (Lipinski definition) is 4. The zero-order valence-corrected chi connectivity index (χ0v) is 12.5. The predicted octanol–water partition coefficient (Wildman–Crippen LogP) is 1.55. The van der Waals surface area contributed by atoms with E-state index in [1.165, 1.54) is 6.07 Å². The van der Waals surface area contributed by atoms with Crippen molar-refractivity contribution in [3.05, 3.63) is 41.7 Å². The summed E-state index contributed by atoms with van der Waals surface area (Å²) in [5, 5.41) is 12.6. The Balaban J connectivity index is 2.34. The van der Waals surface area contributed by atoms with Gasteiger partial charge >= 0.3 is 0 Å². The molecule has 6 nitrogen and oxygen atoms in total. The first-order valence-electron chi connectivity index (χ1n) is 6.17. The Kier molecular flexibility index (Phi) is 3.82. The largest absolute Gasteiger partial charge is 0.377 e. The number of sulfonamides is 1. The maximum absolute atomic E-state index is 11.5. The monoisotopic (exact) mass is 294 g/mol. The molecule has 1 heterocycles. The number of nitrogens with two attached hydrogens (primary N) is 1. The van der Waals surface area contributed by atoms with E-state index >= 15 is 0 Å². The van der Waals surface area contributed by atoms with Crippen LogP contribution in [0.3, 0.4) is 0 Å². The van der Waals surface area contributed by atoms with Crippen molar-refractivity contribution >= 4 is 15.7 Å².